The Morgan fingerprint density at radius 1 is 0.562 bits per heavy atom. The summed E-state index contributed by atoms with van der Waals surface area (Å²) in [5.74, 6) is -0.703. The van der Waals surface area contributed by atoms with Gasteiger partial charge in [0.15, 0.2) is 0 Å². The van der Waals surface area contributed by atoms with E-state index in [1.807, 2.05) is 36.4 Å². The zero-order valence-corrected chi connectivity index (χ0v) is 19.7. The molecule has 0 heterocycles. The third kappa shape index (κ3) is 8.49. The fraction of sp³-hybridized carbons (Fsp3) is 0.500. The van der Waals surface area contributed by atoms with Gasteiger partial charge in [-0.3, -0.25) is 0 Å². The molecule has 0 fully saturated rings. The third-order valence-corrected chi connectivity index (χ3v) is 5.55. The van der Waals surface area contributed by atoms with Crippen molar-refractivity contribution in [1.82, 2.24) is 0 Å². The summed E-state index contributed by atoms with van der Waals surface area (Å²) < 4.78 is 11.1. The van der Waals surface area contributed by atoms with E-state index in [0.29, 0.717) is 35.5 Å². The lowest BCUT2D eigenvalue weighted by molar-refractivity contribution is 0.0486. The van der Waals surface area contributed by atoms with Gasteiger partial charge in [-0.2, -0.15) is 0 Å². The zero-order chi connectivity index (χ0) is 23.0. The van der Waals surface area contributed by atoms with Gasteiger partial charge in [-0.05, 0) is 36.1 Å². The molecule has 0 N–H and O–H groups in total. The molecule has 4 heteroatoms. The first kappa shape index (κ1) is 25.6. The van der Waals surface area contributed by atoms with Gasteiger partial charge in [0.1, 0.15) is 0 Å². The molecule has 0 aliphatic carbocycles. The number of benzene rings is 2. The van der Waals surface area contributed by atoms with E-state index in [2.05, 4.69) is 13.8 Å². The average Bonchev–Trinajstić information content (AvgIpc) is 2.83. The summed E-state index contributed by atoms with van der Waals surface area (Å²) in [6.07, 6.45) is 11.0. The maximum atomic E-state index is 12.8. The van der Waals surface area contributed by atoms with Crippen LogP contribution in [0.3, 0.4) is 0 Å². The number of esters is 2. The molecule has 0 unspecified atom stereocenters. The molecular weight excluding hydrogens is 400 g/mol. The van der Waals surface area contributed by atoms with E-state index >= 15 is 0 Å². The van der Waals surface area contributed by atoms with Gasteiger partial charge in [-0.25, -0.2) is 9.59 Å². The van der Waals surface area contributed by atoms with Crippen LogP contribution in [0, 0.1) is 0 Å². The molecule has 0 aliphatic heterocycles. The Labute approximate surface area is 193 Å². The van der Waals surface area contributed by atoms with E-state index in [9.17, 15) is 9.59 Å². The number of carbonyl (C=O) groups is 2. The Balaban J connectivity index is 2.04. The van der Waals surface area contributed by atoms with Gasteiger partial charge in [-0.15, -0.1) is 0 Å². The first-order valence-corrected chi connectivity index (χ1v) is 12.2. The highest BCUT2D eigenvalue weighted by molar-refractivity contribution is 6.03. The molecule has 0 saturated heterocycles. The fourth-order valence-corrected chi connectivity index (χ4v) is 3.69. The molecule has 0 aromatic heterocycles. The van der Waals surface area contributed by atoms with Crippen molar-refractivity contribution in [2.24, 2.45) is 0 Å². The summed E-state index contributed by atoms with van der Waals surface area (Å²) in [5, 5.41) is 0. The fourth-order valence-electron chi connectivity index (χ4n) is 3.69. The molecule has 0 atom stereocenters. The van der Waals surface area contributed by atoms with Crippen LogP contribution in [0.15, 0.2) is 48.5 Å². The monoisotopic (exact) mass is 438 g/mol. The Kier molecular flexibility index (Phi) is 12.2. The number of carbonyl (C=O) groups excluding carboxylic acids is 2. The molecule has 32 heavy (non-hydrogen) atoms. The van der Waals surface area contributed by atoms with Crippen LogP contribution in [0.25, 0.3) is 11.1 Å². The van der Waals surface area contributed by atoms with Crippen LogP contribution in [0.2, 0.25) is 0 Å². The average molecular weight is 439 g/mol. The van der Waals surface area contributed by atoms with Crippen molar-refractivity contribution in [2.75, 3.05) is 13.2 Å². The van der Waals surface area contributed by atoms with E-state index in [0.717, 1.165) is 25.7 Å². The molecule has 0 saturated carbocycles. The number of hydrogen-bond acceptors (Lipinski definition) is 4. The quantitative estimate of drug-likeness (QED) is 0.212. The molecular formula is C28H38O4. The SMILES string of the molecule is CCCCCCCOC(=O)c1ccccc1-c1ccccc1C(=O)OCCCCCCC. The van der Waals surface area contributed by atoms with Crippen molar-refractivity contribution < 1.29 is 19.1 Å². The number of rotatable bonds is 15. The van der Waals surface area contributed by atoms with Crippen molar-refractivity contribution in [2.45, 2.75) is 78.1 Å². The first-order chi connectivity index (χ1) is 15.7. The van der Waals surface area contributed by atoms with Crippen LogP contribution < -0.4 is 0 Å². The Morgan fingerprint density at radius 3 is 1.34 bits per heavy atom. The molecule has 0 amide bonds. The first-order valence-electron chi connectivity index (χ1n) is 12.2. The van der Waals surface area contributed by atoms with Gasteiger partial charge in [0, 0.05) is 0 Å². The van der Waals surface area contributed by atoms with Crippen LogP contribution in [-0.4, -0.2) is 25.2 Å². The number of hydrogen-bond donors (Lipinski definition) is 0. The Hall–Kier alpha value is -2.62. The van der Waals surface area contributed by atoms with Crippen LogP contribution in [-0.2, 0) is 9.47 Å². The topological polar surface area (TPSA) is 52.6 Å². The van der Waals surface area contributed by atoms with Gasteiger partial charge >= 0.3 is 11.9 Å². The minimum atomic E-state index is -0.352. The zero-order valence-electron chi connectivity index (χ0n) is 19.7. The summed E-state index contributed by atoms with van der Waals surface area (Å²) in [6.45, 7) is 5.19. The highest BCUT2D eigenvalue weighted by Gasteiger charge is 2.19. The minimum Gasteiger partial charge on any atom is -0.462 e. The highest BCUT2D eigenvalue weighted by atomic mass is 16.5. The number of unbranched alkanes of at least 4 members (excludes halogenated alkanes) is 8. The largest absolute Gasteiger partial charge is 0.462 e. The van der Waals surface area contributed by atoms with E-state index in [4.69, 9.17) is 9.47 Å². The number of ether oxygens (including phenoxy) is 2. The maximum absolute atomic E-state index is 12.8. The summed E-state index contributed by atoms with van der Waals surface area (Å²) in [6, 6.07) is 14.6. The Bertz CT molecular complexity index is 758. The Morgan fingerprint density at radius 2 is 0.938 bits per heavy atom. The van der Waals surface area contributed by atoms with Gasteiger partial charge in [-0.1, -0.05) is 102 Å². The van der Waals surface area contributed by atoms with E-state index < -0.39 is 0 Å². The van der Waals surface area contributed by atoms with Crippen molar-refractivity contribution in [3.63, 3.8) is 0 Å². The van der Waals surface area contributed by atoms with E-state index in [1.54, 1.807) is 12.1 Å². The lowest BCUT2D eigenvalue weighted by atomic mass is 9.95. The molecule has 0 aliphatic rings. The summed E-state index contributed by atoms with van der Waals surface area (Å²) in [5.41, 5.74) is 2.33. The van der Waals surface area contributed by atoms with E-state index in [-0.39, 0.29) is 11.9 Å². The highest BCUT2D eigenvalue weighted by Crippen LogP contribution is 2.28. The van der Waals surface area contributed by atoms with Crippen LogP contribution in [0.5, 0.6) is 0 Å². The molecule has 0 radical (unpaired) electrons. The standard InChI is InChI=1S/C28H38O4/c1-3-5-7-9-15-21-31-27(29)25-19-13-11-17-23(25)24-18-12-14-20-26(24)28(30)32-22-16-10-8-6-4-2/h11-14,17-20H,3-10,15-16,21-22H2,1-2H3. The second kappa shape index (κ2) is 15.2. The van der Waals surface area contributed by atoms with Crippen molar-refractivity contribution in [3.05, 3.63) is 59.7 Å². The summed E-state index contributed by atoms with van der Waals surface area (Å²) in [7, 11) is 0. The van der Waals surface area contributed by atoms with Crippen LogP contribution in [0.4, 0.5) is 0 Å². The smallest absolute Gasteiger partial charge is 0.338 e. The second-order valence-electron chi connectivity index (χ2n) is 8.19. The van der Waals surface area contributed by atoms with Gasteiger partial charge in [0.2, 0.25) is 0 Å². The molecule has 0 bridgehead atoms. The lowest BCUT2D eigenvalue weighted by Gasteiger charge is -2.13. The van der Waals surface area contributed by atoms with Crippen molar-refractivity contribution in [3.8, 4) is 11.1 Å². The second-order valence-corrected chi connectivity index (χ2v) is 8.19. The van der Waals surface area contributed by atoms with Crippen LogP contribution in [0.1, 0.15) is 98.8 Å². The normalized spacial score (nSPS) is 10.7. The predicted molar refractivity (Wildman–Crippen MR) is 130 cm³/mol. The van der Waals surface area contributed by atoms with Gasteiger partial charge in [0.25, 0.3) is 0 Å². The molecule has 4 nitrogen and oxygen atoms in total. The molecule has 2 rings (SSSR count). The molecule has 2 aromatic carbocycles. The predicted octanol–water partition coefficient (Wildman–Crippen LogP) is 7.61. The van der Waals surface area contributed by atoms with Gasteiger partial charge < -0.3 is 9.47 Å². The molecule has 0 spiro atoms. The molecule has 2 aromatic rings. The van der Waals surface area contributed by atoms with Crippen molar-refractivity contribution >= 4 is 11.9 Å². The lowest BCUT2D eigenvalue weighted by Crippen LogP contribution is -2.11. The summed E-state index contributed by atoms with van der Waals surface area (Å²) >= 11 is 0. The maximum Gasteiger partial charge on any atom is 0.338 e. The van der Waals surface area contributed by atoms with Gasteiger partial charge in [0.05, 0.1) is 24.3 Å². The molecule has 174 valence electrons. The summed E-state index contributed by atoms with van der Waals surface area (Å²) in [4.78, 5) is 25.5. The third-order valence-electron chi connectivity index (χ3n) is 5.55. The van der Waals surface area contributed by atoms with E-state index in [1.165, 1.54) is 38.5 Å². The minimum absolute atomic E-state index is 0.352. The van der Waals surface area contributed by atoms with Crippen molar-refractivity contribution in [1.29, 1.82) is 0 Å². The van der Waals surface area contributed by atoms with Crippen LogP contribution >= 0.6 is 0 Å².